The number of hydrogen-bond donors (Lipinski definition) is 2. The van der Waals surface area contributed by atoms with Gasteiger partial charge in [0, 0.05) is 29.3 Å². The van der Waals surface area contributed by atoms with Gasteiger partial charge in [0.25, 0.3) is 0 Å². The van der Waals surface area contributed by atoms with Gasteiger partial charge in [0.2, 0.25) is 0 Å². The molecule has 0 radical (unpaired) electrons. The molecule has 40 heavy (non-hydrogen) atoms. The average Bonchev–Trinajstić information content (AvgIpc) is 2.96. The van der Waals surface area contributed by atoms with Gasteiger partial charge in [-0.2, -0.15) is 0 Å². The Morgan fingerprint density at radius 1 is 0.875 bits per heavy atom. The summed E-state index contributed by atoms with van der Waals surface area (Å²) in [5.74, 6) is 0.299. The average molecular weight is 548 g/mol. The number of allylic oxidation sites excluding steroid dienone is 3. The van der Waals surface area contributed by atoms with Crippen molar-refractivity contribution in [3.63, 3.8) is 0 Å². The van der Waals surface area contributed by atoms with Crippen molar-refractivity contribution in [3.8, 4) is 23.0 Å². The van der Waals surface area contributed by atoms with E-state index in [0.29, 0.717) is 46.1 Å². The van der Waals surface area contributed by atoms with Gasteiger partial charge < -0.3 is 29.4 Å². The standard InChI is InChI=1S/C32H37NO7/c1-18-29(32(36)40-22-8-6-5-7-9-22)30(20-11-12-26(37-2)24(34)15-20)31-23(33-18)14-21(16-25(31)35)19-10-13-27(38-3)28(17-19)39-4/h10-13,15,17,21-22,30,33-34H,5-9,14,16H2,1-4H3/t21-,30-/m0/s1. The maximum Gasteiger partial charge on any atom is 0.337 e. The fourth-order valence-electron chi connectivity index (χ4n) is 6.27. The van der Waals surface area contributed by atoms with E-state index in [1.807, 2.05) is 25.1 Å². The van der Waals surface area contributed by atoms with Gasteiger partial charge >= 0.3 is 5.97 Å². The van der Waals surface area contributed by atoms with Gasteiger partial charge in [-0.25, -0.2) is 4.79 Å². The Morgan fingerprint density at radius 2 is 1.55 bits per heavy atom. The molecule has 2 aromatic rings. The van der Waals surface area contributed by atoms with Crippen molar-refractivity contribution in [3.05, 3.63) is 70.1 Å². The van der Waals surface area contributed by atoms with E-state index in [2.05, 4.69) is 5.32 Å². The van der Waals surface area contributed by atoms with Crippen molar-refractivity contribution in [1.29, 1.82) is 0 Å². The topological polar surface area (TPSA) is 103 Å². The van der Waals surface area contributed by atoms with E-state index in [0.717, 1.165) is 43.4 Å². The molecular weight excluding hydrogens is 510 g/mol. The molecule has 8 nitrogen and oxygen atoms in total. The predicted molar refractivity (Wildman–Crippen MR) is 150 cm³/mol. The van der Waals surface area contributed by atoms with Crippen LogP contribution in [-0.2, 0) is 14.3 Å². The minimum Gasteiger partial charge on any atom is -0.504 e. The van der Waals surface area contributed by atoms with E-state index in [-0.39, 0.29) is 30.0 Å². The molecule has 2 N–H and O–H groups in total. The van der Waals surface area contributed by atoms with Crippen molar-refractivity contribution in [2.75, 3.05) is 21.3 Å². The van der Waals surface area contributed by atoms with Crippen LogP contribution in [0.25, 0.3) is 0 Å². The van der Waals surface area contributed by atoms with E-state index in [1.165, 1.54) is 7.11 Å². The number of esters is 1. The summed E-state index contributed by atoms with van der Waals surface area (Å²) in [5, 5.41) is 14.0. The molecule has 0 spiro atoms. The lowest BCUT2D eigenvalue weighted by Crippen LogP contribution is -2.37. The highest BCUT2D eigenvalue weighted by molar-refractivity contribution is 6.04. The number of ether oxygens (including phenoxy) is 4. The molecule has 0 bridgehead atoms. The van der Waals surface area contributed by atoms with Crippen LogP contribution < -0.4 is 19.5 Å². The monoisotopic (exact) mass is 547 g/mol. The number of benzene rings is 2. The number of nitrogens with one attached hydrogen (secondary N) is 1. The maximum atomic E-state index is 13.9. The number of dihydropyridines is 1. The van der Waals surface area contributed by atoms with Crippen LogP contribution in [0.5, 0.6) is 23.0 Å². The third kappa shape index (κ3) is 5.27. The first-order chi connectivity index (χ1) is 19.3. The minimum atomic E-state index is -0.664. The number of methoxy groups -OCH3 is 3. The first kappa shape index (κ1) is 27.6. The third-order valence-electron chi connectivity index (χ3n) is 8.29. The Balaban J connectivity index is 1.54. The normalized spacial score (nSPS) is 21.4. The van der Waals surface area contributed by atoms with Crippen LogP contribution in [0.15, 0.2) is 58.9 Å². The zero-order valence-corrected chi connectivity index (χ0v) is 23.5. The predicted octanol–water partition coefficient (Wildman–Crippen LogP) is 5.66. The Bertz CT molecular complexity index is 1370. The number of carbonyl (C=O) groups excluding carboxylic acids is 2. The van der Waals surface area contributed by atoms with Gasteiger partial charge in [0.15, 0.2) is 28.8 Å². The van der Waals surface area contributed by atoms with Crippen molar-refractivity contribution >= 4 is 11.8 Å². The lowest BCUT2D eigenvalue weighted by molar-refractivity contribution is -0.146. The van der Waals surface area contributed by atoms with Crippen molar-refractivity contribution in [1.82, 2.24) is 5.32 Å². The molecule has 5 rings (SSSR count). The van der Waals surface area contributed by atoms with Crippen LogP contribution in [0.2, 0.25) is 0 Å². The Hall–Kier alpha value is -3.94. The highest BCUT2D eigenvalue weighted by Crippen LogP contribution is 2.47. The smallest absolute Gasteiger partial charge is 0.337 e. The van der Waals surface area contributed by atoms with E-state index in [1.54, 1.807) is 32.4 Å². The summed E-state index contributed by atoms with van der Waals surface area (Å²) in [6.07, 6.45) is 5.65. The lowest BCUT2D eigenvalue weighted by Gasteiger charge is -2.37. The molecule has 1 saturated carbocycles. The van der Waals surface area contributed by atoms with E-state index in [4.69, 9.17) is 18.9 Å². The summed E-state index contributed by atoms with van der Waals surface area (Å²) in [5.41, 5.74) is 4.00. The van der Waals surface area contributed by atoms with Crippen LogP contribution in [-0.4, -0.2) is 44.3 Å². The van der Waals surface area contributed by atoms with Crippen LogP contribution in [0.1, 0.15) is 74.8 Å². The van der Waals surface area contributed by atoms with Crippen LogP contribution >= 0.6 is 0 Å². The largest absolute Gasteiger partial charge is 0.504 e. The number of ketones is 1. The number of hydrogen-bond acceptors (Lipinski definition) is 8. The summed E-state index contributed by atoms with van der Waals surface area (Å²) in [6.45, 7) is 1.85. The second kappa shape index (κ2) is 11.7. The summed E-state index contributed by atoms with van der Waals surface area (Å²) < 4.78 is 22.1. The van der Waals surface area contributed by atoms with Crippen LogP contribution in [0.3, 0.4) is 0 Å². The van der Waals surface area contributed by atoms with Gasteiger partial charge in [-0.3, -0.25) is 4.79 Å². The summed E-state index contributed by atoms with van der Waals surface area (Å²) >= 11 is 0. The summed E-state index contributed by atoms with van der Waals surface area (Å²) in [6, 6.07) is 10.8. The molecule has 2 atom stereocenters. The first-order valence-electron chi connectivity index (χ1n) is 13.9. The zero-order valence-electron chi connectivity index (χ0n) is 23.5. The molecule has 0 saturated heterocycles. The number of Topliss-reactive ketones (excluding diaryl/α,β-unsaturated/α-hetero) is 1. The van der Waals surface area contributed by atoms with Crippen LogP contribution in [0.4, 0.5) is 0 Å². The molecule has 212 valence electrons. The van der Waals surface area contributed by atoms with Crippen molar-refractivity contribution in [2.45, 2.75) is 69.8 Å². The molecule has 0 amide bonds. The van der Waals surface area contributed by atoms with Crippen molar-refractivity contribution in [2.24, 2.45) is 0 Å². The fraction of sp³-hybridized carbons (Fsp3) is 0.438. The minimum absolute atomic E-state index is 0.0511. The molecule has 3 aliphatic rings. The molecule has 2 aromatic carbocycles. The molecular formula is C32H37NO7. The summed E-state index contributed by atoms with van der Waals surface area (Å²) in [4.78, 5) is 27.6. The Labute approximate surface area is 235 Å². The number of phenols is 1. The Morgan fingerprint density at radius 3 is 2.23 bits per heavy atom. The summed E-state index contributed by atoms with van der Waals surface area (Å²) in [7, 11) is 4.66. The van der Waals surface area contributed by atoms with Gasteiger partial charge in [0.05, 0.1) is 26.9 Å². The fourth-order valence-corrected chi connectivity index (χ4v) is 6.27. The van der Waals surface area contributed by atoms with Crippen molar-refractivity contribution < 1.29 is 33.6 Å². The molecule has 1 heterocycles. The molecule has 1 aliphatic heterocycles. The zero-order chi connectivity index (χ0) is 28.4. The number of phenolic OH excluding ortho intramolecular Hbond substituents is 1. The lowest BCUT2D eigenvalue weighted by atomic mass is 9.71. The quantitative estimate of drug-likeness (QED) is 0.429. The first-order valence-corrected chi connectivity index (χ1v) is 13.9. The number of carbonyl (C=O) groups is 2. The number of rotatable bonds is 7. The number of aromatic hydroxyl groups is 1. The SMILES string of the molecule is COc1ccc([C@H]2C(C(=O)OC3CCCCC3)=C(C)NC3=C2C(=O)C[C@@H](c2ccc(OC)c(OC)c2)C3)cc1O. The second-order valence-electron chi connectivity index (χ2n) is 10.7. The third-order valence-corrected chi connectivity index (χ3v) is 8.29. The Kier molecular flexibility index (Phi) is 8.05. The van der Waals surface area contributed by atoms with Gasteiger partial charge in [-0.15, -0.1) is 0 Å². The molecule has 0 aromatic heterocycles. The highest BCUT2D eigenvalue weighted by Gasteiger charge is 2.42. The van der Waals surface area contributed by atoms with Gasteiger partial charge in [0.1, 0.15) is 6.10 Å². The molecule has 1 fully saturated rings. The molecule has 8 heteroatoms. The van der Waals surface area contributed by atoms with Gasteiger partial charge in [-0.1, -0.05) is 18.6 Å². The second-order valence-corrected chi connectivity index (χ2v) is 10.7. The van der Waals surface area contributed by atoms with Gasteiger partial charge in [-0.05, 0) is 80.3 Å². The maximum absolute atomic E-state index is 13.9. The highest BCUT2D eigenvalue weighted by atomic mass is 16.5. The van der Waals surface area contributed by atoms with Crippen LogP contribution in [0, 0.1) is 0 Å². The van der Waals surface area contributed by atoms with E-state index < -0.39 is 11.9 Å². The van der Waals surface area contributed by atoms with E-state index in [9.17, 15) is 14.7 Å². The molecule has 0 unspecified atom stereocenters. The van der Waals surface area contributed by atoms with E-state index >= 15 is 0 Å². The molecule has 2 aliphatic carbocycles.